The summed E-state index contributed by atoms with van der Waals surface area (Å²) in [5.74, 6) is 0.822. The lowest BCUT2D eigenvalue weighted by Gasteiger charge is -2.45. The Morgan fingerprint density at radius 1 is 1.39 bits per heavy atom. The van der Waals surface area contributed by atoms with Crippen molar-refractivity contribution in [3.8, 4) is 0 Å². The van der Waals surface area contributed by atoms with E-state index in [-0.39, 0.29) is 11.4 Å². The molecule has 3 heterocycles. The summed E-state index contributed by atoms with van der Waals surface area (Å²) in [4.78, 5) is 17.1. The topological polar surface area (TPSA) is 45.9 Å². The van der Waals surface area contributed by atoms with Gasteiger partial charge in [0.05, 0.1) is 18.4 Å². The molecule has 0 unspecified atom stereocenters. The number of aryl methyl sites for hydroxylation is 1. The van der Waals surface area contributed by atoms with Crippen LogP contribution in [0.5, 0.6) is 0 Å². The summed E-state index contributed by atoms with van der Waals surface area (Å²) in [6.07, 6.45) is 6.11. The van der Waals surface area contributed by atoms with Crippen LogP contribution in [0.25, 0.3) is 0 Å². The fourth-order valence-corrected chi connectivity index (χ4v) is 4.15. The van der Waals surface area contributed by atoms with Gasteiger partial charge < -0.3 is 14.1 Å². The van der Waals surface area contributed by atoms with E-state index in [9.17, 15) is 4.79 Å². The summed E-state index contributed by atoms with van der Waals surface area (Å²) in [7, 11) is 2.23. The first kappa shape index (κ1) is 16.5. The van der Waals surface area contributed by atoms with Crippen molar-refractivity contribution >= 4 is 5.91 Å². The molecule has 0 saturated carbocycles. The number of nitrogens with zero attached hydrogens (tertiary/aromatic N) is 2. The van der Waals surface area contributed by atoms with Crippen LogP contribution in [0.3, 0.4) is 0 Å². The van der Waals surface area contributed by atoms with Crippen molar-refractivity contribution in [2.75, 3.05) is 33.4 Å². The summed E-state index contributed by atoms with van der Waals surface area (Å²) >= 11 is 0. The molecule has 0 N–H and O–H groups in total. The van der Waals surface area contributed by atoms with Crippen molar-refractivity contribution in [3.63, 3.8) is 0 Å². The molecule has 1 amide bonds. The van der Waals surface area contributed by atoms with E-state index < -0.39 is 0 Å². The van der Waals surface area contributed by atoms with Gasteiger partial charge in [0.25, 0.3) is 5.91 Å². The smallest absolute Gasteiger partial charge is 0.257 e. The van der Waals surface area contributed by atoms with Crippen LogP contribution in [0.2, 0.25) is 0 Å². The minimum atomic E-state index is 0.109. The molecule has 0 bridgehead atoms. The van der Waals surface area contributed by atoms with Gasteiger partial charge in [-0.15, -0.1) is 0 Å². The number of hydrogen-bond acceptors (Lipinski definition) is 4. The van der Waals surface area contributed by atoms with E-state index in [0.29, 0.717) is 17.4 Å². The van der Waals surface area contributed by atoms with Gasteiger partial charge in [-0.05, 0) is 52.6 Å². The molecule has 1 aromatic rings. The molecule has 0 aliphatic carbocycles. The summed E-state index contributed by atoms with van der Waals surface area (Å²) in [6.45, 7) is 7.16. The van der Waals surface area contributed by atoms with Gasteiger partial charge in [0.2, 0.25) is 0 Å². The monoisotopic (exact) mass is 320 g/mol. The maximum atomic E-state index is 12.6. The van der Waals surface area contributed by atoms with Crippen molar-refractivity contribution in [2.24, 2.45) is 0 Å². The Morgan fingerprint density at radius 3 is 2.74 bits per heavy atom. The number of amides is 1. The highest BCUT2D eigenvalue weighted by molar-refractivity contribution is 5.95. The molecule has 2 aliphatic rings. The van der Waals surface area contributed by atoms with Crippen LogP contribution in [0.1, 0.15) is 48.7 Å². The molecule has 5 heteroatoms. The quantitative estimate of drug-likeness (QED) is 0.856. The fraction of sp³-hybridized carbons (Fsp3) is 0.722. The minimum Gasteiger partial charge on any atom is -0.469 e. The lowest BCUT2D eigenvalue weighted by molar-refractivity contribution is 0.0210. The summed E-state index contributed by atoms with van der Waals surface area (Å²) in [6, 6.07) is 2.30. The van der Waals surface area contributed by atoms with E-state index in [2.05, 4.69) is 11.9 Å². The minimum absolute atomic E-state index is 0.109. The molecule has 2 fully saturated rings. The molecule has 0 radical (unpaired) electrons. The summed E-state index contributed by atoms with van der Waals surface area (Å²) in [5, 5.41) is 0. The third-order valence-electron chi connectivity index (χ3n) is 5.82. The number of likely N-dealkylation sites (tertiary alicyclic amines) is 2. The van der Waals surface area contributed by atoms with E-state index in [1.807, 2.05) is 18.7 Å². The number of piperidine rings is 1. The molecule has 23 heavy (non-hydrogen) atoms. The van der Waals surface area contributed by atoms with Crippen LogP contribution >= 0.6 is 0 Å². The molecule has 1 aromatic heterocycles. The van der Waals surface area contributed by atoms with Gasteiger partial charge in [-0.2, -0.15) is 0 Å². The van der Waals surface area contributed by atoms with Gasteiger partial charge in [-0.1, -0.05) is 0 Å². The zero-order chi connectivity index (χ0) is 16.4. The van der Waals surface area contributed by atoms with Gasteiger partial charge >= 0.3 is 0 Å². The Kier molecular flexibility index (Phi) is 4.78. The normalized spacial score (nSPS) is 24.5. The molecule has 1 spiro atoms. The zero-order valence-electron chi connectivity index (χ0n) is 14.5. The molecule has 128 valence electrons. The molecule has 2 saturated heterocycles. The zero-order valence-corrected chi connectivity index (χ0v) is 14.5. The van der Waals surface area contributed by atoms with Crippen molar-refractivity contribution in [3.05, 3.63) is 23.7 Å². The number of hydrogen-bond donors (Lipinski definition) is 0. The maximum Gasteiger partial charge on any atom is 0.257 e. The lowest BCUT2D eigenvalue weighted by atomic mass is 9.85. The molecule has 5 nitrogen and oxygen atoms in total. The highest BCUT2D eigenvalue weighted by Crippen LogP contribution is 2.40. The number of rotatable bonds is 4. The SMILES string of the molecule is CCOC[C@@H]1CCC2(CCN(C(=O)c3ccoc3C)CC2)N1C. The van der Waals surface area contributed by atoms with E-state index >= 15 is 0 Å². The standard InChI is InChI=1S/C18H28N2O3/c1-4-22-13-15-5-7-18(19(15)3)8-10-20(11-9-18)17(21)16-6-12-23-14(16)2/h6,12,15H,4-5,7-11,13H2,1-3H3/t15-/m0/s1. The van der Waals surface area contributed by atoms with Crippen LogP contribution < -0.4 is 0 Å². The average molecular weight is 320 g/mol. The predicted octanol–water partition coefficient (Wildman–Crippen LogP) is 2.69. The number of carbonyl (C=O) groups excluding carboxylic acids is 1. The number of furan rings is 1. The average Bonchev–Trinajstić information content (AvgIpc) is 3.11. The van der Waals surface area contributed by atoms with Gasteiger partial charge in [0.15, 0.2) is 0 Å². The Bertz CT molecular complexity index is 546. The van der Waals surface area contributed by atoms with Crippen LogP contribution in [0, 0.1) is 6.92 Å². The third-order valence-corrected chi connectivity index (χ3v) is 5.82. The first-order valence-electron chi connectivity index (χ1n) is 8.71. The largest absolute Gasteiger partial charge is 0.469 e. The van der Waals surface area contributed by atoms with E-state index in [1.54, 1.807) is 12.3 Å². The number of likely N-dealkylation sites (N-methyl/N-ethyl adjacent to an activating group) is 1. The fourth-order valence-electron chi connectivity index (χ4n) is 4.15. The van der Waals surface area contributed by atoms with Gasteiger partial charge in [-0.3, -0.25) is 9.69 Å². The van der Waals surface area contributed by atoms with Crippen molar-refractivity contribution in [1.29, 1.82) is 0 Å². The van der Waals surface area contributed by atoms with Crippen molar-refractivity contribution in [1.82, 2.24) is 9.80 Å². The number of carbonyl (C=O) groups is 1. The Balaban J connectivity index is 1.60. The van der Waals surface area contributed by atoms with Crippen LogP contribution in [-0.4, -0.2) is 60.6 Å². The second-order valence-electron chi connectivity index (χ2n) is 6.87. The molecule has 2 aliphatic heterocycles. The van der Waals surface area contributed by atoms with Crippen LogP contribution in [0.4, 0.5) is 0 Å². The second kappa shape index (κ2) is 6.65. The van der Waals surface area contributed by atoms with E-state index in [1.165, 1.54) is 12.8 Å². The Labute approximate surface area is 138 Å². The molecule has 1 atom stereocenters. The first-order chi connectivity index (χ1) is 11.1. The molecular formula is C18H28N2O3. The van der Waals surface area contributed by atoms with E-state index in [4.69, 9.17) is 9.15 Å². The highest BCUT2D eigenvalue weighted by atomic mass is 16.5. The molecule has 0 aromatic carbocycles. The lowest BCUT2D eigenvalue weighted by Crippen LogP contribution is -2.54. The van der Waals surface area contributed by atoms with Crippen molar-refractivity contribution < 1.29 is 13.9 Å². The van der Waals surface area contributed by atoms with Gasteiger partial charge in [0.1, 0.15) is 5.76 Å². The summed E-state index contributed by atoms with van der Waals surface area (Å²) < 4.78 is 10.9. The Morgan fingerprint density at radius 2 is 2.13 bits per heavy atom. The highest BCUT2D eigenvalue weighted by Gasteiger charge is 2.46. The second-order valence-corrected chi connectivity index (χ2v) is 6.87. The van der Waals surface area contributed by atoms with Crippen molar-refractivity contribution in [2.45, 2.75) is 51.1 Å². The first-order valence-corrected chi connectivity index (χ1v) is 8.71. The summed E-state index contributed by atoms with van der Waals surface area (Å²) in [5.41, 5.74) is 0.958. The maximum absolute atomic E-state index is 12.6. The third kappa shape index (κ3) is 3.04. The van der Waals surface area contributed by atoms with Crippen LogP contribution in [-0.2, 0) is 4.74 Å². The Hall–Kier alpha value is -1.33. The van der Waals surface area contributed by atoms with Gasteiger partial charge in [-0.25, -0.2) is 0 Å². The van der Waals surface area contributed by atoms with E-state index in [0.717, 1.165) is 39.1 Å². The number of ether oxygens (including phenoxy) is 1. The van der Waals surface area contributed by atoms with Crippen LogP contribution in [0.15, 0.2) is 16.7 Å². The molecular weight excluding hydrogens is 292 g/mol. The van der Waals surface area contributed by atoms with Gasteiger partial charge in [0, 0.05) is 31.3 Å². The molecule has 3 rings (SSSR count). The predicted molar refractivity (Wildman–Crippen MR) is 88.6 cm³/mol.